The van der Waals surface area contributed by atoms with Crippen LogP contribution in [0.15, 0.2) is 74.9 Å². The Morgan fingerprint density at radius 3 is 2.68 bits per heavy atom. The van der Waals surface area contributed by atoms with E-state index >= 15 is 0 Å². The van der Waals surface area contributed by atoms with Crippen LogP contribution in [0.5, 0.6) is 11.5 Å². The maximum Gasteiger partial charge on any atom is 0.277 e. The maximum absolute atomic E-state index is 5.89. The molecule has 0 saturated carbocycles. The summed E-state index contributed by atoms with van der Waals surface area (Å²) in [6, 6.07) is 17.3. The zero-order valence-corrected chi connectivity index (χ0v) is 15.5. The van der Waals surface area contributed by atoms with E-state index in [1.54, 1.807) is 6.26 Å². The van der Waals surface area contributed by atoms with Crippen molar-refractivity contribution in [2.75, 3.05) is 6.61 Å². The molecule has 7 nitrogen and oxygen atoms in total. The molecule has 3 heterocycles. The minimum absolute atomic E-state index is 0.326. The molecule has 28 heavy (non-hydrogen) atoms. The third kappa shape index (κ3) is 3.46. The molecule has 0 bridgehead atoms. The minimum Gasteiger partial charge on any atom is -0.485 e. The van der Waals surface area contributed by atoms with Crippen LogP contribution < -0.4 is 9.47 Å². The van der Waals surface area contributed by atoms with Gasteiger partial charge in [-0.3, -0.25) is 0 Å². The van der Waals surface area contributed by atoms with Crippen LogP contribution in [0.1, 0.15) is 17.7 Å². The second-order valence-electron chi connectivity index (χ2n) is 6.07. The molecule has 1 unspecified atom stereocenters. The monoisotopic (exact) mass is 393 g/mol. The van der Waals surface area contributed by atoms with E-state index in [1.807, 2.05) is 54.6 Å². The fourth-order valence-corrected chi connectivity index (χ4v) is 3.42. The number of hydrogen-bond acceptors (Lipinski definition) is 8. The second-order valence-corrected chi connectivity index (χ2v) is 7.00. The molecule has 5 rings (SSSR count). The molecule has 140 valence electrons. The van der Waals surface area contributed by atoms with Gasteiger partial charge in [-0.05, 0) is 24.3 Å². The zero-order chi connectivity index (χ0) is 18.8. The third-order valence-corrected chi connectivity index (χ3v) is 4.97. The van der Waals surface area contributed by atoms with E-state index in [2.05, 4.69) is 15.2 Å². The van der Waals surface area contributed by atoms with Gasteiger partial charge in [0.1, 0.15) is 12.9 Å². The molecule has 0 fully saturated rings. The summed E-state index contributed by atoms with van der Waals surface area (Å²) in [7, 11) is 0. The quantitative estimate of drug-likeness (QED) is 0.457. The van der Waals surface area contributed by atoms with E-state index < -0.39 is 6.10 Å². The van der Waals surface area contributed by atoms with Crippen molar-refractivity contribution in [3.05, 3.63) is 72.4 Å². The zero-order valence-electron chi connectivity index (χ0n) is 14.6. The van der Waals surface area contributed by atoms with Crippen LogP contribution in [-0.4, -0.2) is 21.8 Å². The number of rotatable bonds is 5. The van der Waals surface area contributed by atoms with Crippen molar-refractivity contribution in [1.82, 2.24) is 15.2 Å². The van der Waals surface area contributed by atoms with Crippen LogP contribution in [0.4, 0.5) is 0 Å². The number of para-hydroxylation sites is 2. The normalized spacial score (nSPS) is 15.5. The maximum atomic E-state index is 5.89. The standard InChI is InChI=1S/C20H15N3O4S/c1-2-6-13(7-3-1)18-21-14(10-25-18)12-28-20-23-22-19(27-20)17-11-24-15-8-4-5-9-16(15)26-17/h1-10,17H,11-12H2. The molecule has 0 amide bonds. The molecule has 0 radical (unpaired) electrons. The van der Waals surface area contributed by atoms with Gasteiger partial charge in [0.05, 0.1) is 5.69 Å². The molecule has 1 atom stereocenters. The van der Waals surface area contributed by atoms with E-state index in [0.717, 1.165) is 11.3 Å². The summed E-state index contributed by atoms with van der Waals surface area (Å²) in [6.45, 7) is 0.326. The van der Waals surface area contributed by atoms with Crippen molar-refractivity contribution < 1.29 is 18.3 Å². The first-order valence-electron chi connectivity index (χ1n) is 8.70. The van der Waals surface area contributed by atoms with Crippen molar-refractivity contribution in [3.8, 4) is 23.0 Å². The summed E-state index contributed by atoms with van der Waals surface area (Å²) in [6.07, 6.45) is 1.22. The van der Waals surface area contributed by atoms with Crippen LogP contribution in [0.3, 0.4) is 0 Å². The lowest BCUT2D eigenvalue weighted by atomic mass is 10.2. The highest BCUT2D eigenvalue weighted by molar-refractivity contribution is 7.98. The molecular weight excluding hydrogens is 378 g/mol. The van der Waals surface area contributed by atoms with Crippen LogP contribution in [0.25, 0.3) is 11.5 Å². The van der Waals surface area contributed by atoms with Crippen LogP contribution >= 0.6 is 11.8 Å². The second kappa shape index (κ2) is 7.40. The topological polar surface area (TPSA) is 83.4 Å². The molecule has 0 saturated heterocycles. The molecule has 2 aromatic heterocycles. The third-order valence-electron chi connectivity index (χ3n) is 4.12. The number of fused-ring (bicyclic) bond motifs is 1. The Labute approximate surface area is 164 Å². The lowest BCUT2D eigenvalue weighted by molar-refractivity contribution is 0.0686. The Morgan fingerprint density at radius 1 is 0.964 bits per heavy atom. The summed E-state index contributed by atoms with van der Waals surface area (Å²) >= 11 is 1.39. The lowest BCUT2D eigenvalue weighted by Crippen LogP contribution is -2.21. The van der Waals surface area contributed by atoms with Gasteiger partial charge in [-0.1, -0.05) is 42.1 Å². The fourth-order valence-electron chi connectivity index (χ4n) is 2.77. The first kappa shape index (κ1) is 16.9. The molecule has 1 aliphatic rings. The Bertz CT molecular complexity index is 1080. The summed E-state index contributed by atoms with van der Waals surface area (Å²) in [4.78, 5) is 4.50. The number of ether oxygens (including phenoxy) is 2. The molecule has 1 aliphatic heterocycles. The minimum atomic E-state index is -0.423. The predicted molar refractivity (Wildman–Crippen MR) is 101 cm³/mol. The molecule has 4 aromatic rings. The van der Waals surface area contributed by atoms with Crippen molar-refractivity contribution in [2.45, 2.75) is 17.1 Å². The van der Waals surface area contributed by atoms with Crippen LogP contribution in [0.2, 0.25) is 0 Å². The molecule has 0 N–H and O–H groups in total. The Kier molecular flexibility index (Phi) is 4.46. The number of oxazole rings is 1. The number of thioether (sulfide) groups is 1. The molecule has 0 aliphatic carbocycles. The average molecular weight is 393 g/mol. The highest BCUT2D eigenvalue weighted by Crippen LogP contribution is 2.36. The molecular formula is C20H15N3O4S. The first-order valence-corrected chi connectivity index (χ1v) is 9.68. The van der Waals surface area contributed by atoms with E-state index in [0.29, 0.717) is 40.9 Å². The number of aromatic nitrogens is 3. The van der Waals surface area contributed by atoms with E-state index in [4.69, 9.17) is 18.3 Å². The Morgan fingerprint density at radius 2 is 1.79 bits per heavy atom. The SMILES string of the molecule is c1ccc(-c2nc(CSc3nnc(C4COc5ccccc5O4)o3)co2)cc1. The largest absolute Gasteiger partial charge is 0.485 e. The number of hydrogen-bond donors (Lipinski definition) is 0. The lowest BCUT2D eigenvalue weighted by Gasteiger charge is -2.23. The number of benzene rings is 2. The summed E-state index contributed by atoms with van der Waals surface area (Å²) in [5.74, 6) is 2.93. The fraction of sp³-hybridized carbons (Fsp3) is 0.150. The molecule has 8 heteroatoms. The first-order chi connectivity index (χ1) is 13.8. The van der Waals surface area contributed by atoms with Crippen LogP contribution in [-0.2, 0) is 5.75 Å². The Hall–Kier alpha value is -3.26. The van der Waals surface area contributed by atoms with E-state index in [9.17, 15) is 0 Å². The van der Waals surface area contributed by atoms with Gasteiger partial charge in [-0.15, -0.1) is 10.2 Å². The summed E-state index contributed by atoms with van der Waals surface area (Å²) in [5.41, 5.74) is 1.74. The van der Waals surface area contributed by atoms with Gasteiger partial charge in [-0.25, -0.2) is 4.98 Å². The van der Waals surface area contributed by atoms with Gasteiger partial charge in [-0.2, -0.15) is 0 Å². The predicted octanol–water partition coefficient (Wildman–Crippen LogP) is 4.53. The van der Waals surface area contributed by atoms with Gasteiger partial charge in [0, 0.05) is 11.3 Å². The van der Waals surface area contributed by atoms with E-state index in [1.165, 1.54) is 11.8 Å². The van der Waals surface area contributed by atoms with Gasteiger partial charge in [0.25, 0.3) is 11.1 Å². The van der Waals surface area contributed by atoms with Crippen molar-refractivity contribution in [3.63, 3.8) is 0 Å². The smallest absolute Gasteiger partial charge is 0.277 e. The van der Waals surface area contributed by atoms with Gasteiger partial charge < -0.3 is 18.3 Å². The molecule has 2 aromatic carbocycles. The summed E-state index contributed by atoms with van der Waals surface area (Å²) < 4.78 is 22.9. The van der Waals surface area contributed by atoms with Gasteiger partial charge in [0.15, 0.2) is 11.5 Å². The van der Waals surface area contributed by atoms with Crippen molar-refractivity contribution in [1.29, 1.82) is 0 Å². The van der Waals surface area contributed by atoms with Crippen LogP contribution in [0, 0.1) is 0 Å². The number of nitrogens with zero attached hydrogens (tertiary/aromatic N) is 3. The highest BCUT2D eigenvalue weighted by Gasteiger charge is 2.27. The van der Waals surface area contributed by atoms with Crippen molar-refractivity contribution >= 4 is 11.8 Å². The van der Waals surface area contributed by atoms with Gasteiger partial charge in [0.2, 0.25) is 12.0 Å². The van der Waals surface area contributed by atoms with E-state index in [-0.39, 0.29) is 0 Å². The Balaban J connectivity index is 1.23. The summed E-state index contributed by atoms with van der Waals surface area (Å²) in [5, 5.41) is 8.62. The van der Waals surface area contributed by atoms with Gasteiger partial charge >= 0.3 is 0 Å². The molecule has 0 spiro atoms. The highest BCUT2D eigenvalue weighted by atomic mass is 32.2. The van der Waals surface area contributed by atoms with Crippen molar-refractivity contribution in [2.24, 2.45) is 0 Å². The average Bonchev–Trinajstić information content (AvgIpc) is 3.42.